The van der Waals surface area contributed by atoms with Crippen LogP contribution in [0.25, 0.3) is 50.2 Å². The van der Waals surface area contributed by atoms with E-state index < -0.39 is 0 Å². The number of nitrogens with zero attached hydrogens (tertiary/aromatic N) is 3. The molecule has 0 radical (unpaired) electrons. The summed E-state index contributed by atoms with van der Waals surface area (Å²) in [5.74, 6) is 1.63. The normalized spacial score (nSPS) is 11.9. The van der Waals surface area contributed by atoms with Crippen LogP contribution in [0.5, 0.6) is 0 Å². The summed E-state index contributed by atoms with van der Waals surface area (Å²) in [7, 11) is 0. The van der Waals surface area contributed by atoms with Crippen LogP contribution in [0.1, 0.15) is 56.4 Å². The Balaban J connectivity index is 1.67. The van der Waals surface area contributed by atoms with Gasteiger partial charge in [-0.25, -0.2) is 4.98 Å². The van der Waals surface area contributed by atoms with Crippen LogP contribution >= 0.6 is 0 Å². The number of aryl methyl sites for hydroxylation is 1. The van der Waals surface area contributed by atoms with Crippen LogP contribution in [-0.2, 0) is 0 Å². The first kappa shape index (κ1) is 23.2. The summed E-state index contributed by atoms with van der Waals surface area (Å²) in [6.07, 6.45) is 3.72. The van der Waals surface area contributed by atoms with Crippen molar-refractivity contribution >= 4 is 22.0 Å². The lowest BCUT2D eigenvalue weighted by atomic mass is 9.92. The van der Waals surface area contributed by atoms with Gasteiger partial charge in [0.05, 0.1) is 22.3 Å². The van der Waals surface area contributed by atoms with Crippen LogP contribution < -0.4 is 0 Å². The molecule has 4 heteroatoms. The molecule has 184 valence electrons. The molecule has 3 aromatic carbocycles. The number of fused-ring (bicyclic) bond motifs is 2. The molecule has 0 aliphatic heterocycles. The van der Waals surface area contributed by atoms with Gasteiger partial charge in [0.2, 0.25) is 0 Å². The van der Waals surface area contributed by atoms with E-state index in [1.807, 2.05) is 19.4 Å². The maximum Gasteiger partial charge on any atom is 0.149 e. The van der Waals surface area contributed by atoms with Gasteiger partial charge in [0, 0.05) is 17.3 Å². The summed E-state index contributed by atoms with van der Waals surface area (Å²) in [4.78, 5) is 9.56. The number of furan rings is 1. The Morgan fingerprint density at radius 1 is 0.784 bits per heavy atom. The highest BCUT2D eigenvalue weighted by Gasteiger charge is 2.24. The van der Waals surface area contributed by atoms with Crippen molar-refractivity contribution in [1.82, 2.24) is 14.5 Å². The van der Waals surface area contributed by atoms with Crippen LogP contribution in [0.3, 0.4) is 0 Å². The molecule has 0 spiro atoms. The van der Waals surface area contributed by atoms with Gasteiger partial charge in [0.25, 0.3) is 0 Å². The molecule has 0 fully saturated rings. The molecule has 0 aliphatic rings. The Kier molecular flexibility index (Phi) is 5.68. The van der Waals surface area contributed by atoms with Crippen LogP contribution in [-0.4, -0.2) is 14.5 Å². The monoisotopic (exact) mass is 485 g/mol. The van der Waals surface area contributed by atoms with E-state index in [1.165, 1.54) is 16.8 Å². The maximum atomic E-state index is 6.09. The van der Waals surface area contributed by atoms with Gasteiger partial charge in [-0.05, 0) is 77.4 Å². The Labute approximate surface area is 217 Å². The van der Waals surface area contributed by atoms with E-state index in [9.17, 15) is 0 Å². The molecule has 0 N–H and O–H groups in total. The molecule has 3 aromatic heterocycles. The lowest BCUT2D eigenvalue weighted by molar-refractivity contribution is 0.616. The number of para-hydroxylation sites is 3. The second-order valence-electron chi connectivity index (χ2n) is 10.4. The van der Waals surface area contributed by atoms with Crippen molar-refractivity contribution in [3.63, 3.8) is 0 Å². The Morgan fingerprint density at radius 3 is 2.24 bits per heavy atom. The highest BCUT2D eigenvalue weighted by atomic mass is 16.3. The zero-order valence-electron chi connectivity index (χ0n) is 22.0. The van der Waals surface area contributed by atoms with E-state index in [4.69, 9.17) is 9.40 Å². The third-order valence-corrected chi connectivity index (χ3v) is 7.17. The number of hydrogen-bond acceptors (Lipinski definition) is 3. The predicted molar refractivity (Wildman–Crippen MR) is 152 cm³/mol. The SMILES string of the molecule is Cc1cc(-c2ccc3occ(-c4nc5ccccc5n4-c4c(C(C)C)cccc4C(C)C)c3c2)ccn1. The van der Waals surface area contributed by atoms with E-state index in [0.29, 0.717) is 11.8 Å². The van der Waals surface area contributed by atoms with Crippen molar-refractivity contribution in [3.05, 3.63) is 102 Å². The van der Waals surface area contributed by atoms with Gasteiger partial charge in [-0.1, -0.05) is 64.1 Å². The average molecular weight is 486 g/mol. The third-order valence-electron chi connectivity index (χ3n) is 7.17. The average Bonchev–Trinajstić information content (AvgIpc) is 3.48. The molecule has 0 aliphatic carbocycles. The zero-order chi connectivity index (χ0) is 25.7. The van der Waals surface area contributed by atoms with Crippen molar-refractivity contribution in [2.75, 3.05) is 0 Å². The molecule has 0 saturated heterocycles. The summed E-state index contributed by atoms with van der Waals surface area (Å²) in [5.41, 5.74) is 11.0. The fourth-order valence-electron chi connectivity index (χ4n) is 5.31. The number of aromatic nitrogens is 3. The van der Waals surface area contributed by atoms with Gasteiger partial charge < -0.3 is 4.42 Å². The van der Waals surface area contributed by atoms with Crippen LogP contribution in [0.15, 0.2) is 89.7 Å². The van der Waals surface area contributed by atoms with Crippen LogP contribution in [0, 0.1) is 6.92 Å². The first-order valence-electron chi connectivity index (χ1n) is 13.0. The molecule has 0 bridgehead atoms. The lowest BCUT2D eigenvalue weighted by Gasteiger charge is -2.22. The molecule has 0 atom stereocenters. The fraction of sp³-hybridized carbons (Fsp3) is 0.212. The van der Waals surface area contributed by atoms with E-state index >= 15 is 0 Å². The summed E-state index contributed by atoms with van der Waals surface area (Å²) in [5, 5.41) is 1.05. The minimum Gasteiger partial charge on any atom is -0.464 e. The number of benzene rings is 3. The predicted octanol–water partition coefficient (Wildman–Crippen LogP) is 9.06. The van der Waals surface area contributed by atoms with Gasteiger partial charge in [-0.2, -0.15) is 0 Å². The number of imidazole rings is 1. The molecule has 4 nitrogen and oxygen atoms in total. The van der Waals surface area contributed by atoms with Gasteiger partial charge in [0.15, 0.2) is 0 Å². The quantitative estimate of drug-likeness (QED) is 0.245. The molecule has 3 heterocycles. The number of rotatable bonds is 5. The van der Waals surface area contributed by atoms with Crippen molar-refractivity contribution in [1.29, 1.82) is 0 Å². The Bertz CT molecular complexity index is 1730. The summed E-state index contributed by atoms with van der Waals surface area (Å²) in [6, 6.07) is 25.6. The molecule has 0 saturated carbocycles. The molecule has 0 unspecified atom stereocenters. The highest BCUT2D eigenvalue weighted by Crippen LogP contribution is 2.40. The minimum absolute atomic E-state index is 0.366. The van der Waals surface area contributed by atoms with E-state index in [0.717, 1.165) is 50.2 Å². The third kappa shape index (κ3) is 3.93. The fourth-order valence-corrected chi connectivity index (χ4v) is 5.31. The lowest BCUT2D eigenvalue weighted by Crippen LogP contribution is -2.08. The topological polar surface area (TPSA) is 43.9 Å². The van der Waals surface area contributed by atoms with Gasteiger partial charge in [-0.3, -0.25) is 9.55 Å². The standard InChI is InChI=1S/C33H31N3O/c1-20(2)25-9-8-10-26(21(3)4)32(25)36-30-12-7-6-11-29(30)35-33(36)28-19-37-31-14-13-23(18-27(28)31)24-15-16-34-22(5)17-24/h6-21H,1-5H3. The minimum atomic E-state index is 0.366. The first-order valence-corrected chi connectivity index (χ1v) is 13.0. The molecular weight excluding hydrogens is 454 g/mol. The van der Waals surface area contributed by atoms with E-state index in [2.05, 4.69) is 110 Å². The van der Waals surface area contributed by atoms with E-state index in [1.54, 1.807) is 0 Å². The highest BCUT2D eigenvalue weighted by molar-refractivity contribution is 5.97. The van der Waals surface area contributed by atoms with Crippen molar-refractivity contribution < 1.29 is 4.42 Å². The molecule has 6 rings (SSSR count). The smallest absolute Gasteiger partial charge is 0.149 e. The molecular formula is C33H31N3O. The summed E-state index contributed by atoms with van der Waals surface area (Å²) in [6.45, 7) is 11.1. The van der Waals surface area contributed by atoms with E-state index in [-0.39, 0.29) is 0 Å². The maximum absolute atomic E-state index is 6.09. The van der Waals surface area contributed by atoms with Crippen molar-refractivity contribution in [2.24, 2.45) is 0 Å². The largest absolute Gasteiger partial charge is 0.464 e. The van der Waals surface area contributed by atoms with Gasteiger partial charge >= 0.3 is 0 Å². The zero-order valence-corrected chi connectivity index (χ0v) is 22.0. The van der Waals surface area contributed by atoms with Crippen LogP contribution in [0.4, 0.5) is 0 Å². The number of pyridine rings is 1. The molecule has 6 aromatic rings. The van der Waals surface area contributed by atoms with Crippen molar-refractivity contribution in [3.8, 4) is 28.2 Å². The second kappa shape index (κ2) is 9.04. The number of hydrogen-bond donors (Lipinski definition) is 0. The Morgan fingerprint density at radius 2 is 1.51 bits per heavy atom. The van der Waals surface area contributed by atoms with Crippen molar-refractivity contribution in [2.45, 2.75) is 46.5 Å². The molecule has 37 heavy (non-hydrogen) atoms. The summed E-state index contributed by atoms with van der Waals surface area (Å²) >= 11 is 0. The summed E-state index contributed by atoms with van der Waals surface area (Å²) < 4.78 is 8.45. The molecule has 0 amide bonds. The van der Waals surface area contributed by atoms with Gasteiger partial charge in [-0.15, -0.1) is 0 Å². The second-order valence-corrected chi connectivity index (χ2v) is 10.4. The van der Waals surface area contributed by atoms with Crippen LogP contribution in [0.2, 0.25) is 0 Å². The first-order chi connectivity index (χ1) is 17.9. The van der Waals surface area contributed by atoms with Gasteiger partial charge in [0.1, 0.15) is 17.7 Å². The Hall–Kier alpha value is -4.18.